The second kappa shape index (κ2) is 21.5. The number of nitrogens with one attached hydrogen (secondary N) is 2. The van der Waals surface area contributed by atoms with Crippen molar-refractivity contribution in [1.82, 2.24) is 19.5 Å². The smallest absolute Gasteiger partial charge is 0.416 e. The highest BCUT2D eigenvalue weighted by Crippen LogP contribution is 2.35. The third kappa shape index (κ3) is 13.9. The first-order valence-electron chi connectivity index (χ1n) is 21.3. The highest BCUT2D eigenvalue weighted by atomic mass is 32.2. The molecule has 1 amide bonds. The summed E-state index contributed by atoms with van der Waals surface area (Å²) in [6, 6.07) is 34.1. The maximum atomic E-state index is 13.3. The first-order chi connectivity index (χ1) is 32.1. The summed E-state index contributed by atoms with van der Waals surface area (Å²) in [4.78, 5) is 24.3. The van der Waals surface area contributed by atoms with Crippen molar-refractivity contribution in [1.29, 1.82) is 0 Å². The zero-order valence-corrected chi connectivity index (χ0v) is 39.6. The molecule has 0 aliphatic heterocycles. The Balaban J connectivity index is 0.000000238. The minimum absolute atomic E-state index is 0.0336. The second-order valence-electron chi connectivity index (χ2n) is 16.8. The van der Waals surface area contributed by atoms with E-state index in [1.165, 1.54) is 29.7 Å². The zero-order chi connectivity index (χ0) is 49.3. The molecule has 0 radical (unpaired) electrons. The summed E-state index contributed by atoms with van der Waals surface area (Å²) in [5.74, 6) is 0.895. The number of halogens is 6. The van der Waals surface area contributed by atoms with Crippen molar-refractivity contribution in [2.24, 2.45) is 0 Å². The number of sulfonamides is 1. The van der Waals surface area contributed by atoms with Crippen molar-refractivity contribution in [2.45, 2.75) is 58.3 Å². The number of carbonyl (C=O) groups is 1. The number of anilines is 2. The minimum Gasteiger partial charge on any atom is -0.444 e. The highest BCUT2D eigenvalue weighted by Gasteiger charge is 2.32. The van der Waals surface area contributed by atoms with E-state index in [4.69, 9.17) is 9.47 Å². The first-order valence-corrected chi connectivity index (χ1v) is 26.6. The number of nitrogens with zero attached hydrogens (tertiary/aromatic N) is 4. The quantitative estimate of drug-likeness (QED) is 0.0594. The van der Waals surface area contributed by atoms with Crippen LogP contribution in [0, 0.1) is 0 Å². The molecular formula is C49H50F6N6O5SSi. The molecule has 0 atom stereocenters. The topological polar surface area (TPSA) is 131 Å². The van der Waals surface area contributed by atoms with E-state index in [1.54, 1.807) is 72.3 Å². The Morgan fingerprint density at radius 1 is 0.779 bits per heavy atom. The van der Waals surface area contributed by atoms with E-state index in [-0.39, 0.29) is 19.1 Å². The number of amides is 1. The fraction of sp³-hybridized carbons (Fsp3) is 0.245. The van der Waals surface area contributed by atoms with Crippen LogP contribution in [0.25, 0.3) is 45.3 Å². The van der Waals surface area contributed by atoms with Crippen LogP contribution in [-0.4, -0.2) is 61.5 Å². The Bertz CT molecular complexity index is 2920. The van der Waals surface area contributed by atoms with Gasteiger partial charge in [0, 0.05) is 55.9 Å². The lowest BCUT2D eigenvalue weighted by Gasteiger charge is -2.18. The van der Waals surface area contributed by atoms with Crippen molar-refractivity contribution in [3.8, 4) is 45.3 Å². The van der Waals surface area contributed by atoms with E-state index in [1.807, 2.05) is 36.4 Å². The number of benzene rings is 5. The number of ether oxygens (including phenoxy) is 2. The molecule has 0 fully saturated rings. The largest absolute Gasteiger partial charge is 0.444 e. The van der Waals surface area contributed by atoms with Crippen molar-refractivity contribution in [3.05, 3.63) is 156 Å². The number of hydrogen-bond acceptors (Lipinski definition) is 7. The summed E-state index contributed by atoms with van der Waals surface area (Å²) in [6.07, 6.45) is -6.36. The van der Waals surface area contributed by atoms with Crippen LogP contribution in [0.5, 0.6) is 0 Å². The van der Waals surface area contributed by atoms with Gasteiger partial charge in [-0.15, -0.1) is 0 Å². The van der Waals surface area contributed by atoms with Crippen LogP contribution in [0.2, 0.25) is 25.7 Å². The van der Waals surface area contributed by atoms with Gasteiger partial charge in [0.1, 0.15) is 25.0 Å². The molecule has 0 saturated heterocycles. The van der Waals surface area contributed by atoms with Crippen LogP contribution in [0.15, 0.2) is 140 Å². The van der Waals surface area contributed by atoms with Gasteiger partial charge in [0.2, 0.25) is 10.0 Å². The molecule has 19 heteroatoms. The lowest BCUT2D eigenvalue weighted by atomic mass is 10.1. The molecule has 5 aromatic carbocycles. The molecule has 11 nitrogen and oxygen atoms in total. The van der Waals surface area contributed by atoms with E-state index in [0.29, 0.717) is 63.3 Å². The van der Waals surface area contributed by atoms with Gasteiger partial charge in [0.25, 0.3) is 0 Å². The van der Waals surface area contributed by atoms with Gasteiger partial charge in [-0.05, 0) is 67.1 Å². The summed E-state index contributed by atoms with van der Waals surface area (Å²) >= 11 is 0. The number of aromatic amines is 1. The van der Waals surface area contributed by atoms with Gasteiger partial charge < -0.3 is 19.0 Å². The van der Waals surface area contributed by atoms with E-state index in [2.05, 4.69) is 39.9 Å². The molecule has 2 heterocycles. The van der Waals surface area contributed by atoms with E-state index in [9.17, 15) is 39.6 Å². The van der Waals surface area contributed by atoms with Crippen molar-refractivity contribution >= 4 is 35.6 Å². The third-order valence-electron chi connectivity index (χ3n) is 10.4. The summed E-state index contributed by atoms with van der Waals surface area (Å²) in [5, 5.41) is 2.72. The van der Waals surface area contributed by atoms with Crippen LogP contribution in [0.3, 0.4) is 0 Å². The van der Waals surface area contributed by atoms with Crippen LogP contribution in [0.1, 0.15) is 23.6 Å². The molecule has 0 aliphatic carbocycles. The van der Waals surface area contributed by atoms with Gasteiger partial charge >= 0.3 is 18.4 Å². The molecule has 0 spiro atoms. The average Bonchev–Trinajstić information content (AvgIpc) is 3.98. The normalized spacial score (nSPS) is 12.0. The number of hydrogen-bond donors (Lipinski definition) is 2. The van der Waals surface area contributed by atoms with Crippen molar-refractivity contribution in [3.63, 3.8) is 0 Å². The third-order valence-corrected chi connectivity index (χ3v) is 13.9. The molecule has 2 aromatic heterocycles. The van der Waals surface area contributed by atoms with Crippen LogP contribution in [-0.2, 0) is 45.2 Å². The Labute approximate surface area is 391 Å². The summed E-state index contributed by atoms with van der Waals surface area (Å²) in [7, 11) is -3.25. The van der Waals surface area contributed by atoms with Crippen molar-refractivity contribution in [2.75, 3.05) is 29.0 Å². The molecule has 7 rings (SSSR count). The van der Waals surface area contributed by atoms with Gasteiger partial charge in [0.05, 0.1) is 40.2 Å². The Kier molecular flexibility index (Phi) is 16.0. The zero-order valence-electron chi connectivity index (χ0n) is 37.8. The maximum Gasteiger partial charge on any atom is 0.416 e. The predicted octanol–water partition coefficient (Wildman–Crippen LogP) is 12.8. The number of imidazole rings is 2. The van der Waals surface area contributed by atoms with Gasteiger partial charge in [-0.1, -0.05) is 98.5 Å². The van der Waals surface area contributed by atoms with Gasteiger partial charge in [-0.25, -0.2) is 23.2 Å². The lowest BCUT2D eigenvalue weighted by Crippen LogP contribution is -2.27. The Morgan fingerprint density at radius 2 is 1.40 bits per heavy atom. The summed E-state index contributed by atoms with van der Waals surface area (Å²) in [5.41, 5.74) is 3.14. The molecule has 2 N–H and O–H groups in total. The number of carbonyl (C=O) groups excluding carboxylic acids is 1. The molecule has 0 aliphatic rings. The van der Waals surface area contributed by atoms with Gasteiger partial charge in [-0.2, -0.15) is 26.3 Å². The first kappa shape index (κ1) is 50.7. The number of rotatable bonds is 15. The second-order valence-corrected chi connectivity index (χ2v) is 24.7. The van der Waals surface area contributed by atoms with Crippen LogP contribution >= 0.6 is 0 Å². The van der Waals surface area contributed by atoms with Gasteiger partial charge in [0.15, 0.2) is 0 Å². The SMILES string of the molecule is CCS(=O)(=O)N(C)c1cccc(-c2ncc(-c3cccc(C(F)(F)F)c3)[nH]2)c1.C[Si](C)(C)CCOCn1cc(-c2cccc(C(F)(F)F)c2)nc1-c1cccc(NC(=O)OCc2ccccc2)c1. The van der Waals surface area contributed by atoms with Crippen LogP contribution < -0.4 is 9.62 Å². The van der Waals surface area contributed by atoms with Gasteiger partial charge in [-0.3, -0.25) is 9.62 Å². The number of H-pyrrole nitrogens is 1. The van der Waals surface area contributed by atoms with E-state index in [0.717, 1.165) is 35.9 Å². The summed E-state index contributed by atoms with van der Waals surface area (Å²) < 4.78 is 117. The lowest BCUT2D eigenvalue weighted by molar-refractivity contribution is -0.138. The molecular weight excluding hydrogens is 927 g/mol. The highest BCUT2D eigenvalue weighted by molar-refractivity contribution is 7.92. The minimum atomic E-state index is -4.46. The molecule has 68 heavy (non-hydrogen) atoms. The summed E-state index contributed by atoms with van der Waals surface area (Å²) in [6.45, 7) is 9.22. The molecule has 7 aromatic rings. The van der Waals surface area contributed by atoms with E-state index < -0.39 is 47.7 Å². The van der Waals surface area contributed by atoms with E-state index >= 15 is 0 Å². The molecule has 0 saturated carbocycles. The number of alkyl halides is 6. The molecule has 0 unspecified atom stereocenters. The fourth-order valence-electron chi connectivity index (χ4n) is 6.57. The van der Waals surface area contributed by atoms with Crippen LogP contribution in [0.4, 0.5) is 42.5 Å². The molecule has 358 valence electrons. The fourth-order valence-corrected chi connectivity index (χ4v) is 8.15. The maximum absolute atomic E-state index is 13.3. The average molecular weight is 977 g/mol. The molecule has 0 bridgehead atoms. The monoisotopic (exact) mass is 976 g/mol. The Morgan fingerprint density at radius 3 is 2.06 bits per heavy atom. The predicted molar refractivity (Wildman–Crippen MR) is 255 cm³/mol. The van der Waals surface area contributed by atoms with Crippen molar-refractivity contribution < 1.29 is 49.0 Å². The number of aromatic nitrogens is 4. The standard InChI is InChI=1S/C30H32F3N3O3Si.C19H18F3N3O2S/c1-40(2,3)16-15-38-21-36-19-27(23-11-7-13-25(17-23)30(31,32)33)35-28(36)24-12-8-14-26(18-24)34-29(37)39-20-22-9-5-4-6-10-22;1-3-28(26,27)25(2)16-9-5-7-14(11-16)18-23-12-17(24-18)13-6-4-8-15(10-13)19(20,21)22/h4-14,17-19H,15-16,20-21H2,1-3H3,(H,34,37);4-12H,3H2,1-2H3,(H,23,24). The Hall–Kier alpha value is -6.70.